The van der Waals surface area contributed by atoms with Crippen molar-refractivity contribution >= 4 is 21.5 Å². The summed E-state index contributed by atoms with van der Waals surface area (Å²) in [4.78, 5) is 2.24. The number of anilines is 1. The number of fused-ring (bicyclic) bond motifs is 1. The number of rotatable bonds is 6. The van der Waals surface area contributed by atoms with Gasteiger partial charge in [0.25, 0.3) is 0 Å². The van der Waals surface area contributed by atoms with Gasteiger partial charge >= 0.3 is 0 Å². The maximum absolute atomic E-state index is 11.4. The highest BCUT2D eigenvalue weighted by Gasteiger charge is 2.16. The summed E-state index contributed by atoms with van der Waals surface area (Å²) in [5, 5.41) is 12.8. The second-order valence-electron chi connectivity index (χ2n) is 5.32. The Hall–Kier alpha value is -1.74. The largest absolute Gasteiger partial charge is 0.355 e. The van der Waals surface area contributed by atoms with E-state index in [1.807, 2.05) is 12.1 Å². The summed E-state index contributed by atoms with van der Waals surface area (Å²) in [5.41, 5.74) is 0.677. The quantitative estimate of drug-likeness (QED) is 0.816. The van der Waals surface area contributed by atoms with E-state index in [2.05, 4.69) is 24.9 Å². The van der Waals surface area contributed by atoms with Crippen LogP contribution in [0.2, 0.25) is 0 Å². The fraction of sp³-hybridized carbons (Fsp3) is 0.615. The minimum absolute atomic E-state index is 0.0743. The van der Waals surface area contributed by atoms with Gasteiger partial charge in [0.15, 0.2) is 11.5 Å². The molecule has 0 amide bonds. The van der Waals surface area contributed by atoms with E-state index >= 15 is 0 Å². The fourth-order valence-electron chi connectivity index (χ4n) is 2.51. The van der Waals surface area contributed by atoms with Gasteiger partial charge in [-0.25, -0.2) is 13.1 Å². The van der Waals surface area contributed by atoms with Crippen LogP contribution in [0.4, 0.5) is 5.82 Å². The zero-order valence-corrected chi connectivity index (χ0v) is 13.4. The first kappa shape index (κ1) is 15.2. The predicted octanol–water partition coefficient (Wildman–Crippen LogP) is 0.206. The smallest absolute Gasteiger partial charge is 0.211 e. The molecule has 1 fully saturated rings. The molecule has 3 heterocycles. The Morgan fingerprint density at radius 3 is 2.73 bits per heavy atom. The predicted molar refractivity (Wildman–Crippen MR) is 83.4 cm³/mol. The number of sulfonamides is 1. The van der Waals surface area contributed by atoms with Crippen LogP contribution in [-0.4, -0.2) is 53.6 Å². The van der Waals surface area contributed by atoms with Gasteiger partial charge in [0.05, 0.1) is 5.75 Å². The average molecular weight is 324 g/mol. The molecule has 0 spiro atoms. The van der Waals surface area contributed by atoms with E-state index in [-0.39, 0.29) is 5.75 Å². The van der Waals surface area contributed by atoms with Crippen LogP contribution in [0.5, 0.6) is 0 Å². The summed E-state index contributed by atoms with van der Waals surface area (Å²) in [7, 11) is -3.18. The minimum Gasteiger partial charge on any atom is -0.355 e. The second-order valence-corrected chi connectivity index (χ2v) is 7.42. The second kappa shape index (κ2) is 6.17. The highest BCUT2D eigenvalue weighted by Crippen LogP contribution is 2.18. The van der Waals surface area contributed by atoms with E-state index in [0.29, 0.717) is 24.4 Å². The normalized spacial score (nSPS) is 15.8. The van der Waals surface area contributed by atoms with E-state index in [9.17, 15) is 8.42 Å². The Kier molecular flexibility index (Phi) is 4.25. The monoisotopic (exact) mass is 324 g/mol. The molecule has 0 unspecified atom stereocenters. The zero-order chi connectivity index (χ0) is 15.6. The molecule has 0 bridgehead atoms. The van der Waals surface area contributed by atoms with Crippen LogP contribution in [-0.2, 0) is 16.4 Å². The van der Waals surface area contributed by atoms with Gasteiger partial charge in [0, 0.05) is 26.1 Å². The van der Waals surface area contributed by atoms with E-state index in [1.165, 1.54) is 12.8 Å². The lowest BCUT2D eigenvalue weighted by atomic mass is 10.4. The van der Waals surface area contributed by atoms with Crippen molar-refractivity contribution in [1.29, 1.82) is 0 Å². The summed E-state index contributed by atoms with van der Waals surface area (Å²) >= 11 is 0. The third-order valence-electron chi connectivity index (χ3n) is 3.79. The van der Waals surface area contributed by atoms with Crippen molar-refractivity contribution in [2.24, 2.45) is 0 Å². The van der Waals surface area contributed by atoms with Crippen LogP contribution in [0.3, 0.4) is 0 Å². The van der Waals surface area contributed by atoms with Gasteiger partial charge in [-0.3, -0.25) is 0 Å². The SMILES string of the molecule is CCS(=O)(=O)NCCc1nnc2ccc(N3CCCC3)nn12. The summed E-state index contributed by atoms with van der Waals surface area (Å²) in [6, 6.07) is 3.85. The van der Waals surface area contributed by atoms with Gasteiger partial charge in [-0.1, -0.05) is 0 Å². The van der Waals surface area contributed by atoms with Gasteiger partial charge in [0.1, 0.15) is 5.82 Å². The van der Waals surface area contributed by atoms with Crippen molar-refractivity contribution in [2.45, 2.75) is 26.2 Å². The Bertz CT molecular complexity index is 751. The van der Waals surface area contributed by atoms with Gasteiger partial charge in [0.2, 0.25) is 10.0 Å². The Balaban J connectivity index is 1.76. The van der Waals surface area contributed by atoms with Crippen LogP contribution >= 0.6 is 0 Å². The van der Waals surface area contributed by atoms with Crippen molar-refractivity contribution in [3.05, 3.63) is 18.0 Å². The lowest BCUT2D eigenvalue weighted by molar-refractivity contribution is 0.581. The van der Waals surface area contributed by atoms with Crippen molar-refractivity contribution < 1.29 is 8.42 Å². The number of nitrogens with zero attached hydrogens (tertiary/aromatic N) is 5. The molecule has 9 heteroatoms. The summed E-state index contributed by atoms with van der Waals surface area (Å²) in [6.07, 6.45) is 2.83. The Morgan fingerprint density at radius 1 is 1.23 bits per heavy atom. The van der Waals surface area contributed by atoms with Crippen LogP contribution in [0.15, 0.2) is 12.1 Å². The molecule has 3 rings (SSSR count). The molecule has 0 radical (unpaired) electrons. The fourth-order valence-corrected chi connectivity index (χ4v) is 3.13. The van der Waals surface area contributed by atoms with Crippen molar-refractivity contribution in [2.75, 3.05) is 30.3 Å². The van der Waals surface area contributed by atoms with Crippen LogP contribution in [0.1, 0.15) is 25.6 Å². The summed E-state index contributed by atoms with van der Waals surface area (Å²) in [6.45, 7) is 3.95. The lowest BCUT2D eigenvalue weighted by Crippen LogP contribution is -2.28. The van der Waals surface area contributed by atoms with E-state index < -0.39 is 10.0 Å². The first-order chi connectivity index (χ1) is 10.6. The van der Waals surface area contributed by atoms with E-state index in [0.717, 1.165) is 18.9 Å². The van der Waals surface area contributed by atoms with Crippen molar-refractivity contribution in [3.8, 4) is 0 Å². The number of hydrogen-bond acceptors (Lipinski definition) is 6. The van der Waals surface area contributed by atoms with Gasteiger partial charge in [-0.2, -0.15) is 4.52 Å². The third kappa shape index (κ3) is 3.20. The van der Waals surface area contributed by atoms with Crippen molar-refractivity contribution in [1.82, 2.24) is 24.5 Å². The molecular weight excluding hydrogens is 304 g/mol. The highest BCUT2D eigenvalue weighted by atomic mass is 32.2. The van der Waals surface area contributed by atoms with Crippen molar-refractivity contribution in [3.63, 3.8) is 0 Å². The number of hydrogen-bond donors (Lipinski definition) is 1. The topological polar surface area (TPSA) is 92.5 Å². The molecule has 1 aliphatic rings. The molecule has 0 aliphatic carbocycles. The van der Waals surface area contributed by atoms with E-state index in [1.54, 1.807) is 11.4 Å². The molecule has 0 atom stereocenters. The molecule has 1 aliphatic heterocycles. The van der Waals surface area contributed by atoms with E-state index in [4.69, 9.17) is 0 Å². The highest BCUT2D eigenvalue weighted by molar-refractivity contribution is 7.89. The molecule has 0 saturated carbocycles. The third-order valence-corrected chi connectivity index (χ3v) is 5.20. The Labute approximate surface area is 129 Å². The maximum atomic E-state index is 11.4. The molecule has 1 saturated heterocycles. The number of nitrogens with one attached hydrogen (secondary N) is 1. The first-order valence-corrected chi connectivity index (χ1v) is 9.18. The summed E-state index contributed by atoms with van der Waals surface area (Å²) in [5.74, 6) is 1.65. The van der Waals surface area contributed by atoms with Crippen LogP contribution < -0.4 is 9.62 Å². The summed E-state index contributed by atoms with van der Waals surface area (Å²) < 4.78 is 27.1. The molecule has 22 heavy (non-hydrogen) atoms. The minimum atomic E-state index is -3.18. The van der Waals surface area contributed by atoms with Crippen LogP contribution in [0.25, 0.3) is 5.65 Å². The lowest BCUT2D eigenvalue weighted by Gasteiger charge is -2.15. The molecule has 8 nitrogen and oxygen atoms in total. The molecule has 2 aromatic heterocycles. The first-order valence-electron chi connectivity index (χ1n) is 7.53. The number of aromatic nitrogens is 4. The van der Waals surface area contributed by atoms with Crippen LogP contribution in [0, 0.1) is 0 Å². The molecule has 0 aromatic carbocycles. The van der Waals surface area contributed by atoms with Gasteiger partial charge in [-0.15, -0.1) is 15.3 Å². The maximum Gasteiger partial charge on any atom is 0.211 e. The molecule has 120 valence electrons. The Morgan fingerprint density at radius 2 is 2.00 bits per heavy atom. The average Bonchev–Trinajstić information content (AvgIpc) is 3.16. The van der Waals surface area contributed by atoms with Gasteiger partial charge < -0.3 is 4.90 Å². The molecule has 1 N–H and O–H groups in total. The molecular formula is C13H20N6O2S. The van der Waals surface area contributed by atoms with Gasteiger partial charge in [-0.05, 0) is 31.9 Å². The zero-order valence-electron chi connectivity index (χ0n) is 12.6. The molecule has 2 aromatic rings. The standard InChI is InChI=1S/C13H20N6O2S/c1-2-22(20,21)14-8-7-12-16-15-11-5-6-13(17-19(11)12)18-9-3-4-10-18/h5-6,14H,2-4,7-10H2,1H3.